The van der Waals surface area contributed by atoms with Crippen molar-refractivity contribution in [3.63, 3.8) is 0 Å². The maximum absolute atomic E-state index is 5.68. The van der Waals surface area contributed by atoms with Crippen LogP contribution in [0.3, 0.4) is 0 Å². The van der Waals surface area contributed by atoms with Crippen molar-refractivity contribution in [3.8, 4) is 5.75 Å². The first kappa shape index (κ1) is 15.8. The van der Waals surface area contributed by atoms with E-state index in [1.54, 1.807) is 7.11 Å². The van der Waals surface area contributed by atoms with E-state index in [4.69, 9.17) is 4.74 Å². The molecule has 1 aromatic carbocycles. The molecule has 1 aliphatic heterocycles. The number of benzene rings is 1. The molecule has 0 spiro atoms. The van der Waals surface area contributed by atoms with E-state index in [-0.39, 0.29) is 0 Å². The summed E-state index contributed by atoms with van der Waals surface area (Å²) in [6.07, 6.45) is 1.04. The summed E-state index contributed by atoms with van der Waals surface area (Å²) < 4.78 is 6.83. The van der Waals surface area contributed by atoms with Crippen LogP contribution in [0.25, 0.3) is 0 Å². The maximum atomic E-state index is 5.68. The molecule has 20 heavy (non-hydrogen) atoms. The monoisotopic (exact) mass is 340 g/mol. The van der Waals surface area contributed by atoms with E-state index >= 15 is 0 Å². The first-order chi connectivity index (χ1) is 9.61. The van der Waals surface area contributed by atoms with Crippen LogP contribution in [0.15, 0.2) is 16.6 Å². The number of rotatable bonds is 5. The molecule has 0 amide bonds. The van der Waals surface area contributed by atoms with Crippen molar-refractivity contribution in [2.45, 2.75) is 26.2 Å². The van der Waals surface area contributed by atoms with Crippen LogP contribution in [0.5, 0.6) is 5.75 Å². The molecule has 1 aromatic rings. The third-order valence-electron chi connectivity index (χ3n) is 3.89. The zero-order valence-electron chi connectivity index (χ0n) is 12.7. The van der Waals surface area contributed by atoms with Crippen LogP contribution >= 0.6 is 15.9 Å². The molecule has 1 saturated heterocycles. The smallest absolute Gasteiger partial charge is 0.125 e. The van der Waals surface area contributed by atoms with Gasteiger partial charge in [-0.15, -0.1) is 0 Å². The standard InChI is InChI=1S/C16H25BrN2O/c1-12(2)15-11-14(17)10-13(16(15)20-3)4-7-19-8-5-18-6-9-19/h10-12,18H,4-9H2,1-3H3. The molecule has 0 atom stereocenters. The van der Waals surface area contributed by atoms with E-state index in [2.05, 4.69) is 52.1 Å². The van der Waals surface area contributed by atoms with Gasteiger partial charge in [-0.1, -0.05) is 29.8 Å². The van der Waals surface area contributed by atoms with Crippen LogP contribution < -0.4 is 10.1 Å². The zero-order chi connectivity index (χ0) is 14.5. The quantitative estimate of drug-likeness (QED) is 0.891. The van der Waals surface area contributed by atoms with Crippen LogP contribution in [-0.2, 0) is 6.42 Å². The molecule has 1 heterocycles. The number of hydrogen-bond acceptors (Lipinski definition) is 3. The summed E-state index contributed by atoms with van der Waals surface area (Å²) in [6.45, 7) is 10.0. The van der Waals surface area contributed by atoms with Crippen LogP contribution in [-0.4, -0.2) is 44.7 Å². The van der Waals surface area contributed by atoms with Crippen molar-refractivity contribution in [2.75, 3.05) is 39.8 Å². The van der Waals surface area contributed by atoms with Gasteiger partial charge in [0.1, 0.15) is 5.75 Å². The van der Waals surface area contributed by atoms with E-state index in [9.17, 15) is 0 Å². The lowest BCUT2D eigenvalue weighted by atomic mass is 9.97. The van der Waals surface area contributed by atoms with Gasteiger partial charge in [0.25, 0.3) is 0 Å². The lowest BCUT2D eigenvalue weighted by Gasteiger charge is -2.27. The van der Waals surface area contributed by atoms with E-state index in [1.807, 2.05) is 0 Å². The highest BCUT2D eigenvalue weighted by Crippen LogP contribution is 2.33. The topological polar surface area (TPSA) is 24.5 Å². The summed E-state index contributed by atoms with van der Waals surface area (Å²) in [5, 5.41) is 3.39. The van der Waals surface area contributed by atoms with Gasteiger partial charge in [-0.25, -0.2) is 0 Å². The molecule has 0 saturated carbocycles. The van der Waals surface area contributed by atoms with Gasteiger partial charge in [-0.2, -0.15) is 0 Å². The normalized spacial score (nSPS) is 16.6. The molecule has 0 radical (unpaired) electrons. The van der Waals surface area contributed by atoms with Crippen molar-refractivity contribution < 1.29 is 4.74 Å². The Hall–Kier alpha value is -0.580. The highest BCUT2D eigenvalue weighted by Gasteiger charge is 2.15. The minimum Gasteiger partial charge on any atom is -0.496 e. The fourth-order valence-corrected chi connectivity index (χ4v) is 3.27. The predicted molar refractivity (Wildman–Crippen MR) is 87.8 cm³/mol. The molecule has 4 heteroatoms. The Morgan fingerprint density at radius 1 is 1.30 bits per heavy atom. The molecule has 112 valence electrons. The lowest BCUT2D eigenvalue weighted by Crippen LogP contribution is -2.44. The summed E-state index contributed by atoms with van der Waals surface area (Å²) in [7, 11) is 1.78. The Labute approximate surface area is 130 Å². The Kier molecular flexibility index (Phi) is 5.87. The summed E-state index contributed by atoms with van der Waals surface area (Å²) in [5.41, 5.74) is 2.60. The van der Waals surface area contributed by atoms with E-state index in [0.29, 0.717) is 5.92 Å². The zero-order valence-corrected chi connectivity index (χ0v) is 14.3. The second-order valence-electron chi connectivity index (χ2n) is 5.68. The van der Waals surface area contributed by atoms with E-state index in [0.717, 1.165) is 49.4 Å². The molecule has 1 N–H and O–H groups in total. The predicted octanol–water partition coefficient (Wildman–Crippen LogP) is 3.03. The molecular weight excluding hydrogens is 316 g/mol. The minimum atomic E-state index is 0.473. The van der Waals surface area contributed by atoms with Crippen LogP contribution in [0.4, 0.5) is 0 Å². The van der Waals surface area contributed by atoms with Gasteiger partial charge in [-0.05, 0) is 35.6 Å². The van der Waals surface area contributed by atoms with Crippen LogP contribution in [0, 0.1) is 0 Å². The highest BCUT2D eigenvalue weighted by molar-refractivity contribution is 9.10. The molecule has 0 bridgehead atoms. The number of piperazine rings is 1. The number of ether oxygens (including phenoxy) is 1. The van der Waals surface area contributed by atoms with Gasteiger partial charge in [-0.3, -0.25) is 0 Å². The van der Waals surface area contributed by atoms with Gasteiger partial charge >= 0.3 is 0 Å². The molecule has 2 rings (SSSR count). The van der Waals surface area contributed by atoms with Gasteiger partial charge in [0.15, 0.2) is 0 Å². The largest absolute Gasteiger partial charge is 0.496 e. The number of methoxy groups -OCH3 is 1. The van der Waals surface area contributed by atoms with E-state index in [1.165, 1.54) is 11.1 Å². The highest BCUT2D eigenvalue weighted by atomic mass is 79.9. The second-order valence-corrected chi connectivity index (χ2v) is 6.60. The van der Waals surface area contributed by atoms with Crippen molar-refractivity contribution in [3.05, 3.63) is 27.7 Å². The van der Waals surface area contributed by atoms with E-state index < -0.39 is 0 Å². The Morgan fingerprint density at radius 2 is 2.00 bits per heavy atom. The van der Waals surface area contributed by atoms with Gasteiger partial charge in [0.05, 0.1) is 7.11 Å². The van der Waals surface area contributed by atoms with Crippen molar-refractivity contribution in [2.24, 2.45) is 0 Å². The summed E-state index contributed by atoms with van der Waals surface area (Å²) >= 11 is 3.63. The number of nitrogens with zero attached hydrogens (tertiary/aromatic N) is 1. The number of nitrogens with one attached hydrogen (secondary N) is 1. The molecule has 0 aromatic heterocycles. The lowest BCUT2D eigenvalue weighted by molar-refractivity contribution is 0.243. The van der Waals surface area contributed by atoms with Crippen molar-refractivity contribution in [1.82, 2.24) is 10.2 Å². The molecular formula is C16H25BrN2O. The third kappa shape index (κ3) is 3.96. The second kappa shape index (κ2) is 7.43. The minimum absolute atomic E-state index is 0.473. The molecule has 0 unspecified atom stereocenters. The SMILES string of the molecule is COc1c(CCN2CCNCC2)cc(Br)cc1C(C)C. The average molecular weight is 341 g/mol. The Balaban J connectivity index is 2.13. The summed E-state index contributed by atoms with van der Waals surface area (Å²) in [5.74, 6) is 1.54. The average Bonchev–Trinajstić information content (AvgIpc) is 2.45. The number of hydrogen-bond donors (Lipinski definition) is 1. The molecule has 0 aliphatic carbocycles. The molecule has 1 fully saturated rings. The fourth-order valence-electron chi connectivity index (χ4n) is 2.75. The van der Waals surface area contributed by atoms with Gasteiger partial charge in [0, 0.05) is 37.2 Å². The number of halogens is 1. The fraction of sp³-hybridized carbons (Fsp3) is 0.625. The first-order valence-electron chi connectivity index (χ1n) is 7.41. The summed E-state index contributed by atoms with van der Waals surface area (Å²) in [6, 6.07) is 4.38. The maximum Gasteiger partial charge on any atom is 0.125 e. The van der Waals surface area contributed by atoms with Crippen LogP contribution in [0.2, 0.25) is 0 Å². The third-order valence-corrected chi connectivity index (χ3v) is 4.35. The first-order valence-corrected chi connectivity index (χ1v) is 8.20. The van der Waals surface area contributed by atoms with Crippen molar-refractivity contribution in [1.29, 1.82) is 0 Å². The van der Waals surface area contributed by atoms with Gasteiger partial charge < -0.3 is 15.0 Å². The Morgan fingerprint density at radius 3 is 2.60 bits per heavy atom. The van der Waals surface area contributed by atoms with Crippen LogP contribution in [0.1, 0.15) is 30.9 Å². The molecule has 3 nitrogen and oxygen atoms in total. The Bertz CT molecular complexity index is 442. The summed E-state index contributed by atoms with van der Waals surface area (Å²) in [4.78, 5) is 2.52. The van der Waals surface area contributed by atoms with Crippen molar-refractivity contribution >= 4 is 15.9 Å². The molecule has 1 aliphatic rings. The van der Waals surface area contributed by atoms with Gasteiger partial charge in [0.2, 0.25) is 0 Å².